The molecule has 0 aromatic heterocycles. The summed E-state index contributed by atoms with van der Waals surface area (Å²) in [7, 11) is 1.41. The number of nitrogen functional groups attached to an aromatic ring is 1. The average molecular weight is 271 g/mol. The van der Waals surface area contributed by atoms with Crippen LogP contribution in [0.5, 0.6) is 0 Å². The minimum absolute atomic E-state index is 0.0572. The first kappa shape index (κ1) is 14.3. The summed E-state index contributed by atoms with van der Waals surface area (Å²) < 4.78 is 13.2. The van der Waals surface area contributed by atoms with E-state index in [1.54, 1.807) is 13.0 Å². The zero-order chi connectivity index (χ0) is 13.7. The summed E-state index contributed by atoms with van der Waals surface area (Å²) in [5, 5.41) is 3.90. The van der Waals surface area contributed by atoms with Crippen molar-refractivity contribution >= 4 is 29.4 Å². The van der Waals surface area contributed by atoms with E-state index in [1.807, 2.05) is 0 Å². The highest BCUT2D eigenvalue weighted by molar-refractivity contribution is 8.00. The van der Waals surface area contributed by atoms with Crippen LogP contribution >= 0.6 is 11.8 Å². The van der Waals surface area contributed by atoms with Crippen molar-refractivity contribution in [2.45, 2.75) is 17.1 Å². The summed E-state index contributed by atoms with van der Waals surface area (Å²) in [5.74, 6) is -0.976. The SMILES string of the molecule is CNC(=O)NC(=O)C(C)Sc1ccc(N)c(F)c1. The van der Waals surface area contributed by atoms with Gasteiger partial charge in [0.05, 0.1) is 10.9 Å². The Morgan fingerprint density at radius 1 is 1.44 bits per heavy atom. The Kier molecular flexibility index (Phi) is 4.96. The molecule has 0 bridgehead atoms. The predicted molar refractivity (Wildman–Crippen MR) is 68.7 cm³/mol. The molecule has 0 saturated carbocycles. The molecule has 98 valence electrons. The lowest BCUT2D eigenvalue weighted by Crippen LogP contribution is -2.41. The van der Waals surface area contributed by atoms with Crippen molar-refractivity contribution in [2.75, 3.05) is 12.8 Å². The van der Waals surface area contributed by atoms with Crippen LogP contribution in [0.1, 0.15) is 6.92 Å². The smallest absolute Gasteiger partial charge is 0.321 e. The number of halogens is 1. The maximum absolute atomic E-state index is 13.2. The first-order valence-electron chi connectivity index (χ1n) is 5.18. The van der Waals surface area contributed by atoms with E-state index in [4.69, 9.17) is 5.73 Å². The number of urea groups is 1. The number of benzene rings is 1. The molecule has 7 heteroatoms. The molecule has 0 fully saturated rings. The second-order valence-electron chi connectivity index (χ2n) is 3.51. The lowest BCUT2D eigenvalue weighted by molar-refractivity contribution is -0.119. The number of hydrogen-bond donors (Lipinski definition) is 3. The van der Waals surface area contributed by atoms with Crippen molar-refractivity contribution in [3.63, 3.8) is 0 Å². The molecule has 1 unspecified atom stereocenters. The molecule has 0 spiro atoms. The minimum atomic E-state index is -0.573. The largest absolute Gasteiger partial charge is 0.396 e. The van der Waals surface area contributed by atoms with E-state index in [-0.39, 0.29) is 5.69 Å². The van der Waals surface area contributed by atoms with Crippen LogP contribution in [0, 0.1) is 5.82 Å². The standard InChI is InChI=1S/C11H14FN3O2S/c1-6(10(16)15-11(17)14-2)18-7-3-4-9(13)8(12)5-7/h3-6H,13H2,1-2H3,(H2,14,15,16,17). The minimum Gasteiger partial charge on any atom is -0.396 e. The lowest BCUT2D eigenvalue weighted by Gasteiger charge is -2.11. The number of nitrogens with two attached hydrogens (primary N) is 1. The number of anilines is 1. The number of amides is 3. The van der Waals surface area contributed by atoms with Gasteiger partial charge in [0, 0.05) is 11.9 Å². The monoisotopic (exact) mass is 271 g/mol. The van der Waals surface area contributed by atoms with Gasteiger partial charge in [-0.3, -0.25) is 10.1 Å². The van der Waals surface area contributed by atoms with Gasteiger partial charge in [-0.2, -0.15) is 0 Å². The summed E-state index contributed by atoms with van der Waals surface area (Å²) in [5.41, 5.74) is 5.40. The Morgan fingerprint density at radius 3 is 2.67 bits per heavy atom. The number of imide groups is 1. The van der Waals surface area contributed by atoms with Gasteiger partial charge in [-0.05, 0) is 25.1 Å². The van der Waals surface area contributed by atoms with Crippen molar-refractivity contribution in [3.05, 3.63) is 24.0 Å². The topological polar surface area (TPSA) is 84.2 Å². The predicted octanol–water partition coefficient (Wildman–Crippen LogP) is 1.34. The quantitative estimate of drug-likeness (QED) is 0.572. The van der Waals surface area contributed by atoms with Gasteiger partial charge in [-0.15, -0.1) is 11.8 Å². The molecule has 0 saturated heterocycles. The van der Waals surface area contributed by atoms with Crippen LogP contribution in [0.3, 0.4) is 0 Å². The third-order valence-electron chi connectivity index (χ3n) is 2.12. The number of thioether (sulfide) groups is 1. The third kappa shape index (κ3) is 3.92. The molecule has 0 radical (unpaired) electrons. The van der Waals surface area contributed by atoms with Crippen LogP contribution in [0.2, 0.25) is 0 Å². The first-order valence-corrected chi connectivity index (χ1v) is 6.06. The number of rotatable bonds is 3. The third-order valence-corrected chi connectivity index (χ3v) is 3.21. The molecule has 3 amide bonds. The molecule has 1 rings (SSSR count). The van der Waals surface area contributed by atoms with Gasteiger partial charge >= 0.3 is 6.03 Å². The highest BCUT2D eigenvalue weighted by Crippen LogP contribution is 2.25. The summed E-state index contributed by atoms with van der Waals surface area (Å²) >= 11 is 1.14. The van der Waals surface area contributed by atoms with Crippen LogP contribution in [0.25, 0.3) is 0 Å². The summed E-state index contributed by atoms with van der Waals surface area (Å²) in [6.45, 7) is 1.62. The van der Waals surface area contributed by atoms with Gasteiger partial charge < -0.3 is 11.1 Å². The highest BCUT2D eigenvalue weighted by Gasteiger charge is 2.16. The first-order chi connectivity index (χ1) is 8.43. The maximum atomic E-state index is 13.2. The molecule has 18 heavy (non-hydrogen) atoms. The van der Waals surface area contributed by atoms with Gasteiger partial charge in [0.1, 0.15) is 5.82 Å². The lowest BCUT2D eigenvalue weighted by atomic mass is 10.3. The Morgan fingerprint density at radius 2 is 2.11 bits per heavy atom. The fourth-order valence-corrected chi connectivity index (χ4v) is 2.01. The summed E-state index contributed by atoms with van der Waals surface area (Å²) in [4.78, 5) is 23.1. The number of hydrogen-bond acceptors (Lipinski definition) is 4. The Bertz CT molecular complexity index is 468. The average Bonchev–Trinajstić information content (AvgIpc) is 2.33. The van der Waals surface area contributed by atoms with E-state index in [0.29, 0.717) is 4.90 Å². The summed E-state index contributed by atoms with van der Waals surface area (Å²) in [6.07, 6.45) is 0. The van der Waals surface area contributed by atoms with Crippen molar-refractivity contribution in [1.82, 2.24) is 10.6 Å². The Hall–Kier alpha value is -1.76. The molecule has 1 aromatic rings. The zero-order valence-corrected chi connectivity index (χ0v) is 10.8. The highest BCUT2D eigenvalue weighted by atomic mass is 32.2. The Labute approximate surface area is 108 Å². The zero-order valence-electron chi connectivity index (χ0n) is 9.99. The fourth-order valence-electron chi connectivity index (χ4n) is 1.11. The van der Waals surface area contributed by atoms with Gasteiger partial charge in [0.2, 0.25) is 5.91 Å². The van der Waals surface area contributed by atoms with Crippen LogP contribution in [0.15, 0.2) is 23.1 Å². The van der Waals surface area contributed by atoms with Crippen LogP contribution in [-0.2, 0) is 4.79 Å². The van der Waals surface area contributed by atoms with Crippen molar-refractivity contribution in [3.8, 4) is 0 Å². The molecule has 4 N–H and O–H groups in total. The molecular weight excluding hydrogens is 257 g/mol. The van der Waals surface area contributed by atoms with Gasteiger partial charge in [0.15, 0.2) is 0 Å². The van der Waals surface area contributed by atoms with Gasteiger partial charge in [0.25, 0.3) is 0 Å². The molecule has 1 atom stereocenters. The summed E-state index contributed by atoms with van der Waals surface area (Å²) in [6, 6.07) is 3.73. The van der Waals surface area contributed by atoms with Gasteiger partial charge in [-0.25, -0.2) is 9.18 Å². The van der Waals surface area contributed by atoms with E-state index >= 15 is 0 Å². The van der Waals surface area contributed by atoms with E-state index in [1.165, 1.54) is 19.2 Å². The second-order valence-corrected chi connectivity index (χ2v) is 4.93. The van der Waals surface area contributed by atoms with Crippen LogP contribution in [0.4, 0.5) is 14.9 Å². The molecule has 0 aliphatic heterocycles. The molecule has 0 heterocycles. The number of carbonyl (C=O) groups excluding carboxylic acids is 2. The number of carbonyl (C=O) groups is 2. The molecule has 1 aromatic carbocycles. The fraction of sp³-hybridized carbons (Fsp3) is 0.273. The second kappa shape index (κ2) is 6.25. The maximum Gasteiger partial charge on any atom is 0.321 e. The molecule has 0 aliphatic rings. The van der Waals surface area contributed by atoms with Crippen LogP contribution < -0.4 is 16.4 Å². The van der Waals surface area contributed by atoms with Crippen molar-refractivity contribution in [2.24, 2.45) is 0 Å². The van der Waals surface area contributed by atoms with E-state index in [9.17, 15) is 14.0 Å². The van der Waals surface area contributed by atoms with Crippen molar-refractivity contribution in [1.29, 1.82) is 0 Å². The number of nitrogens with one attached hydrogen (secondary N) is 2. The van der Waals surface area contributed by atoms with Crippen molar-refractivity contribution < 1.29 is 14.0 Å². The Balaban J connectivity index is 2.63. The molecule has 0 aliphatic carbocycles. The van der Waals surface area contributed by atoms with E-state index in [2.05, 4.69) is 10.6 Å². The van der Waals surface area contributed by atoms with E-state index < -0.39 is 23.0 Å². The van der Waals surface area contributed by atoms with Crippen LogP contribution in [-0.4, -0.2) is 24.2 Å². The van der Waals surface area contributed by atoms with Gasteiger partial charge in [-0.1, -0.05) is 0 Å². The van der Waals surface area contributed by atoms with E-state index in [0.717, 1.165) is 11.8 Å². The normalized spacial score (nSPS) is 11.7. The molecular formula is C11H14FN3O2S. The molecule has 5 nitrogen and oxygen atoms in total.